The van der Waals surface area contributed by atoms with Crippen LogP contribution in [0.4, 0.5) is 10.2 Å². The molecule has 0 radical (unpaired) electrons. The van der Waals surface area contributed by atoms with E-state index < -0.39 is 0 Å². The Kier molecular flexibility index (Phi) is 5.63. The van der Waals surface area contributed by atoms with E-state index in [4.69, 9.17) is 0 Å². The molecule has 1 heterocycles. The molecule has 2 aromatic rings. The Morgan fingerprint density at radius 1 is 1.00 bits per heavy atom. The van der Waals surface area contributed by atoms with Gasteiger partial charge in [-0.1, -0.05) is 13.8 Å². The summed E-state index contributed by atoms with van der Waals surface area (Å²) >= 11 is 0. The van der Waals surface area contributed by atoms with Gasteiger partial charge in [0, 0.05) is 18.7 Å². The molecule has 0 amide bonds. The summed E-state index contributed by atoms with van der Waals surface area (Å²) in [6, 6.07) is 10.0. The molecule has 5 heteroatoms. The average molecular weight is 288 g/mol. The predicted molar refractivity (Wildman–Crippen MR) is 83.7 cm³/mol. The van der Waals surface area contributed by atoms with Crippen LogP contribution in [-0.4, -0.2) is 41.3 Å². The number of hydrogen-bond acceptors (Lipinski definition) is 4. The monoisotopic (exact) mass is 288 g/mol. The Morgan fingerprint density at radius 3 is 2.29 bits per heavy atom. The third-order valence-electron chi connectivity index (χ3n) is 3.43. The SMILES string of the molecule is CCN(CC)CCNc1ccc(-c2ccc(F)cc2)nn1. The highest BCUT2D eigenvalue weighted by molar-refractivity contribution is 5.59. The smallest absolute Gasteiger partial charge is 0.148 e. The van der Waals surface area contributed by atoms with Crippen LogP contribution >= 0.6 is 0 Å². The van der Waals surface area contributed by atoms with Gasteiger partial charge in [-0.2, -0.15) is 0 Å². The maximum absolute atomic E-state index is 12.9. The van der Waals surface area contributed by atoms with Crippen LogP contribution in [0, 0.1) is 5.82 Å². The molecule has 1 N–H and O–H groups in total. The van der Waals surface area contributed by atoms with E-state index in [9.17, 15) is 4.39 Å². The van der Waals surface area contributed by atoms with Crippen molar-refractivity contribution in [3.8, 4) is 11.3 Å². The summed E-state index contributed by atoms with van der Waals surface area (Å²) in [5.41, 5.74) is 1.60. The van der Waals surface area contributed by atoms with E-state index in [0.717, 1.165) is 43.3 Å². The van der Waals surface area contributed by atoms with Gasteiger partial charge in [0.1, 0.15) is 11.6 Å². The summed E-state index contributed by atoms with van der Waals surface area (Å²) in [4.78, 5) is 2.34. The van der Waals surface area contributed by atoms with Crippen LogP contribution in [0.1, 0.15) is 13.8 Å². The molecule has 0 bridgehead atoms. The molecule has 0 saturated carbocycles. The quantitative estimate of drug-likeness (QED) is 0.850. The van der Waals surface area contributed by atoms with Gasteiger partial charge in [-0.3, -0.25) is 0 Å². The Hall–Kier alpha value is -2.01. The summed E-state index contributed by atoms with van der Waals surface area (Å²) in [6.45, 7) is 8.23. The molecular formula is C16H21FN4. The topological polar surface area (TPSA) is 41.0 Å². The van der Waals surface area contributed by atoms with Crippen molar-refractivity contribution in [1.29, 1.82) is 0 Å². The summed E-state index contributed by atoms with van der Waals surface area (Å²) in [6.07, 6.45) is 0. The molecular weight excluding hydrogens is 267 g/mol. The van der Waals surface area contributed by atoms with Crippen molar-refractivity contribution < 1.29 is 4.39 Å². The highest BCUT2D eigenvalue weighted by Gasteiger charge is 2.02. The number of benzene rings is 1. The number of halogens is 1. The molecule has 0 saturated heterocycles. The van der Waals surface area contributed by atoms with Crippen LogP contribution in [-0.2, 0) is 0 Å². The van der Waals surface area contributed by atoms with Gasteiger partial charge in [0.2, 0.25) is 0 Å². The lowest BCUT2D eigenvalue weighted by atomic mass is 10.1. The normalized spacial score (nSPS) is 10.9. The van der Waals surface area contributed by atoms with Gasteiger partial charge in [-0.15, -0.1) is 10.2 Å². The van der Waals surface area contributed by atoms with Crippen LogP contribution in [0.15, 0.2) is 36.4 Å². The van der Waals surface area contributed by atoms with E-state index in [0.29, 0.717) is 0 Å². The number of likely N-dealkylation sites (N-methyl/N-ethyl adjacent to an activating group) is 1. The zero-order chi connectivity index (χ0) is 15.1. The van der Waals surface area contributed by atoms with E-state index in [1.807, 2.05) is 12.1 Å². The highest BCUT2D eigenvalue weighted by atomic mass is 19.1. The Labute approximate surface area is 125 Å². The summed E-state index contributed by atoms with van der Waals surface area (Å²) in [5, 5.41) is 11.6. The van der Waals surface area contributed by atoms with Crippen molar-refractivity contribution in [1.82, 2.24) is 15.1 Å². The third kappa shape index (κ3) is 4.49. The van der Waals surface area contributed by atoms with Crippen molar-refractivity contribution in [2.45, 2.75) is 13.8 Å². The molecule has 0 unspecified atom stereocenters. The first kappa shape index (κ1) is 15.4. The molecule has 0 aliphatic rings. The minimum Gasteiger partial charge on any atom is -0.367 e. The Morgan fingerprint density at radius 2 is 1.71 bits per heavy atom. The van der Waals surface area contributed by atoms with E-state index >= 15 is 0 Å². The van der Waals surface area contributed by atoms with Crippen molar-refractivity contribution >= 4 is 5.82 Å². The van der Waals surface area contributed by atoms with E-state index in [2.05, 4.69) is 34.3 Å². The van der Waals surface area contributed by atoms with Gasteiger partial charge < -0.3 is 10.2 Å². The van der Waals surface area contributed by atoms with Crippen molar-refractivity contribution in [2.75, 3.05) is 31.5 Å². The second-order valence-corrected chi connectivity index (χ2v) is 4.76. The Bertz CT molecular complexity index is 535. The second-order valence-electron chi connectivity index (χ2n) is 4.76. The number of nitrogens with zero attached hydrogens (tertiary/aromatic N) is 3. The minimum atomic E-state index is -0.249. The van der Waals surface area contributed by atoms with Crippen molar-refractivity contribution in [3.63, 3.8) is 0 Å². The molecule has 1 aromatic heterocycles. The highest BCUT2D eigenvalue weighted by Crippen LogP contribution is 2.17. The second kappa shape index (κ2) is 7.69. The number of rotatable bonds is 7. The number of nitrogens with one attached hydrogen (secondary N) is 1. The lowest BCUT2D eigenvalue weighted by molar-refractivity contribution is 0.316. The molecule has 0 atom stereocenters. The van der Waals surface area contributed by atoms with Gasteiger partial charge in [0.25, 0.3) is 0 Å². The fourth-order valence-corrected chi connectivity index (χ4v) is 2.08. The van der Waals surface area contributed by atoms with Gasteiger partial charge in [0.05, 0.1) is 5.69 Å². The molecule has 1 aromatic carbocycles. The fraction of sp³-hybridized carbons (Fsp3) is 0.375. The molecule has 0 fully saturated rings. The standard InChI is InChI=1S/C16H21FN4/c1-3-21(4-2)12-11-18-16-10-9-15(19-20-16)13-5-7-14(17)8-6-13/h5-10H,3-4,11-12H2,1-2H3,(H,18,20). The number of aromatic nitrogens is 2. The number of hydrogen-bond donors (Lipinski definition) is 1. The zero-order valence-corrected chi connectivity index (χ0v) is 12.5. The predicted octanol–water partition coefficient (Wildman–Crippen LogP) is 3.04. The van der Waals surface area contributed by atoms with Crippen LogP contribution < -0.4 is 5.32 Å². The molecule has 112 valence electrons. The molecule has 21 heavy (non-hydrogen) atoms. The Balaban J connectivity index is 1.91. The summed E-state index contributed by atoms with van der Waals surface area (Å²) in [5.74, 6) is 0.509. The molecule has 0 spiro atoms. The molecule has 4 nitrogen and oxygen atoms in total. The minimum absolute atomic E-state index is 0.249. The third-order valence-corrected chi connectivity index (χ3v) is 3.43. The zero-order valence-electron chi connectivity index (χ0n) is 12.5. The average Bonchev–Trinajstić information content (AvgIpc) is 2.53. The van der Waals surface area contributed by atoms with Crippen molar-refractivity contribution in [3.05, 3.63) is 42.2 Å². The van der Waals surface area contributed by atoms with Crippen LogP contribution in [0.25, 0.3) is 11.3 Å². The lowest BCUT2D eigenvalue weighted by Gasteiger charge is -2.18. The molecule has 0 aliphatic carbocycles. The lowest BCUT2D eigenvalue weighted by Crippen LogP contribution is -2.28. The van der Waals surface area contributed by atoms with Crippen LogP contribution in [0.3, 0.4) is 0 Å². The van der Waals surface area contributed by atoms with Crippen LogP contribution in [0.2, 0.25) is 0 Å². The van der Waals surface area contributed by atoms with Gasteiger partial charge in [0.15, 0.2) is 0 Å². The first-order chi connectivity index (χ1) is 10.2. The van der Waals surface area contributed by atoms with E-state index in [-0.39, 0.29) is 5.82 Å². The maximum Gasteiger partial charge on any atom is 0.148 e. The maximum atomic E-state index is 12.9. The fourth-order valence-electron chi connectivity index (χ4n) is 2.08. The van der Waals surface area contributed by atoms with E-state index in [1.54, 1.807) is 12.1 Å². The first-order valence-electron chi connectivity index (χ1n) is 7.28. The molecule has 0 aliphatic heterocycles. The van der Waals surface area contributed by atoms with Gasteiger partial charge >= 0.3 is 0 Å². The molecule has 2 rings (SSSR count). The summed E-state index contributed by atoms with van der Waals surface area (Å²) in [7, 11) is 0. The van der Waals surface area contributed by atoms with E-state index in [1.165, 1.54) is 12.1 Å². The van der Waals surface area contributed by atoms with Crippen molar-refractivity contribution in [2.24, 2.45) is 0 Å². The van der Waals surface area contributed by atoms with Gasteiger partial charge in [-0.05, 0) is 49.5 Å². The summed E-state index contributed by atoms with van der Waals surface area (Å²) < 4.78 is 12.9. The van der Waals surface area contributed by atoms with Crippen LogP contribution in [0.5, 0.6) is 0 Å². The number of anilines is 1. The van der Waals surface area contributed by atoms with Gasteiger partial charge in [-0.25, -0.2) is 4.39 Å². The first-order valence-corrected chi connectivity index (χ1v) is 7.28. The largest absolute Gasteiger partial charge is 0.367 e.